The SMILES string of the molecule is C/C1=C2/N[C@H](/C=C3\N[C@H](/C(C)=C4\N[C@H]([C@H](CC(N)=O)[C@@]4(C)CCC(=O)NC[C@@H](C)O)[C@]4(C)NC1[C@@H](CCC(N)=O)[C@]4(C)CC(N)=O)[C@@H](CCC(N)=O)C3(C)C)[C@@H](CCC(N)=O)[C@]2(C)CC(N)=O. The highest BCUT2D eigenvalue weighted by Gasteiger charge is 2.68. The maximum absolute atomic E-state index is 13.5. The first-order valence-electron chi connectivity index (χ1n) is 23.8. The van der Waals surface area contributed by atoms with Gasteiger partial charge in [0.05, 0.1) is 12.1 Å². The van der Waals surface area contributed by atoms with Crippen LogP contribution in [0.3, 0.4) is 0 Å². The van der Waals surface area contributed by atoms with Gasteiger partial charge in [-0.25, -0.2) is 0 Å². The van der Waals surface area contributed by atoms with Crippen molar-refractivity contribution in [2.24, 2.45) is 79.7 Å². The molecule has 19 heteroatoms. The Morgan fingerprint density at radius 2 is 1.16 bits per heavy atom. The highest BCUT2D eigenvalue weighted by Crippen LogP contribution is 2.62. The number of carbonyl (C=O) groups excluding carboxylic acids is 7. The van der Waals surface area contributed by atoms with E-state index in [2.05, 4.69) is 46.5 Å². The molecule has 4 saturated heterocycles. The molecule has 0 saturated carbocycles. The molecule has 5 rings (SSSR count). The van der Waals surface area contributed by atoms with Crippen molar-refractivity contribution in [3.8, 4) is 0 Å². The minimum absolute atomic E-state index is 0.0275. The smallest absolute Gasteiger partial charge is 0.220 e. The van der Waals surface area contributed by atoms with Crippen molar-refractivity contribution in [2.75, 3.05) is 6.54 Å². The summed E-state index contributed by atoms with van der Waals surface area (Å²) in [5.74, 6) is -5.27. The number of carbonyl (C=O) groups is 7. The molecule has 18 N–H and O–H groups in total. The third-order valence-electron chi connectivity index (χ3n) is 17.2. The van der Waals surface area contributed by atoms with E-state index in [0.717, 1.165) is 22.5 Å². The van der Waals surface area contributed by atoms with E-state index in [0.29, 0.717) is 18.5 Å². The second-order valence-corrected chi connectivity index (χ2v) is 22.0. The number of hydrogen-bond donors (Lipinski definition) is 12. The van der Waals surface area contributed by atoms with Gasteiger partial charge in [-0.3, -0.25) is 33.6 Å². The van der Waals surface area contributed by atoms with Crippen LogP contribution in [0.4, 0.5) is 0 Å². The van der Waals surface area contributed by atoms with Crippen LogP contribution in [0.1, 0.15) is 133 Å². The van der Waals surface area contributed by atoms with Crippen LogP contribution in [0.25, 0.3) is 0 Å². The van der Waals surface area contributed by atoms with Crippen molar-refractivity contribution in [3.63, 3.8) is 0 Å². The predicted octanol–water partition coefficient (Wildman–Crippen LogP) is 0.288. The van der Waals surface area contributed by atoms with Gasteiger partial charge in [-0.15, -0.1) is 0 Å². The van der Waals surface area contributed by atoms with Crippen molar-refractivity contribution in [3.05, 3.63) is 34.3 Å². The highest BCUT2D eigenvalue weighted by molar-refractivity contribution is 5.78. The standard InChI is InChI=1S/C48H79N11O8/c1-23(60)22-55-38(67)16-17-45(6)29(18-35(52)64)43-48(9)47(8,21-37(54)66)28(12-15-34(51)63)40(59-48)25(3)42-46(7,20-36(53)65)26(10-13-32(49)61)30(56-42)19-31-44(4,5)27(11-14-33(50)62)39(57-31)24(2)41(45)58-43/h19,23,26-30,39-40,43,56-60H,10-18,20-22H2,1-9H3,(H2,49,61)(H2,50,62)(H2,51,63)(H2,52,64)(H2,53,65)(H2,54,66)(H,55,67)/b31-19-,41-24-,42-25-/t23-,26-,27-,28-,29+,30-,39-,40?,43-,45-,46+,47+,48+/m1/s1. The van der Waals surface area contributed by atoms with Gasteiger partial charge in [0.1, 0.15) is 0 Å². The van der Waals surface area contributed by atoms with Crippen LogP contribution in [0.15, 0.2) is 34.3 Å². The summed E-state index contributed by atoms with van der Waals surface area (Å²) in [6.07, 6.45) is 2.29. The molecule has 67 heavy (non-hydrogen) atoms. The summed E-state index contributed by atoms with van der Waals surface area (Å²) < 4.78 is 0. The van der Waals surface area contributed by atoms with Crippen LogP contribution in [0, 0.1) is 45.3 Å². The molecule has 5 heterocycles. The van der Waals surface area contributed by atoms with Crippen molar-refractivity contribution < 1.29 is 38.7 Å². The summed E-state index contributed by atoms with van der Waals surface area (Å²) >= 11 is 0. The lowest BCUT2D eigenvalue weighted by Crippen LogP contribution is -2.64. The van der Waals surface area contributed by atoms with Crippen LogP contribution in [0.2, 0.25) is 0 Å². The van der Waals surface area contributed by atoms with Crippen LogP contribution in [0.5, 0.6) is 0 Å². The van der Waals surface area contributed by atoms with Gasteiger partial charge in [0, 0.05) is 120 Å². The molecule has 4 fully saturated rings. The number of aliphatic hydroxyl groups is 1. The van der Waals surface area contributed by atoms with E-state index >= 15 is 0 Å². The van der Waals surface area contributed by atoms with Gasteiger partial charge >= 0.3 is 0 Å². The molecule has 0 aromatic rings. The fourth-order valence-corrected chi connectivity index (χ4v) is 13.5. The summed E-state index contributed by atoms with van der Waals surface area (Å²) in [6.45, 7) is 17.7. The van der Waals surface area contributed by atoms with Crippen molar-refractivity contribution in [1.82, 2.24) is 26.6 Å². The van der Waals surface area contributed by atoms with Gasteiger partial charge in [0.2, 0.25) is 41.4 Å². The summed E-state index contributed by atoms with van der Waals surface area (Å²) in [5.41, 5.74) is 35.2. The second-order valence-electron chi connectivity index (χ2n) is 22.0. The zero-order valence-electron chi connectivity index (χ0n) is 41.0. The van der Waals surface area contributed by atoms with Crippen LogP contribution < -0.4 is 61.0 Å². The van der Waals surface area contributed by atoms with Crippen molar-refractivity contribution >= 4 is 41.4 Å². The molecule has 13 atom stereocenters. The molecule has 0 aromatic heterocycles. The number of nitrogens with two attached hydrogens (primary N) is 6. The Balaban J connectivity index is 1.94. The summed E-state index contributed by atoms with van der Waals surface area (Å²) in [7, 11) is 0. The topological polar surface area (TPSA) is 356 Å². The lowest BCUT2D eigenvalue weighted by molar-refractivity contribution is -0.124. The number of fused-ring (bicyclic) bond motifs is 9. The number of hydrogen-bond acceptors (Lipinski definition) is 12. The molecule has 5 aliphatic heterocycles. The maximum Gasteiger partial charge on any atom is 0.220 e. The predicted molar refractivity (Wildman–Crippen MR) is 252 cm³/mol. The quantitative estimate of drug-likeness (QED) is 0.0784. The Kier molecular flexibility index (Phi) is 15.3. The van der Waals surface area contributed by atoms with Gasteiger partial charge < -0.3 is 66.1 Å². The Bertz CT molecular complexity index is 2120. The molecule has 5 aliphatic rings. The van der Waals surface area contributed by atoms with Crippen LogP contribution >= 0.6 is 0 Å². The number of nitrogens with one attached hydrogen (secondary N) is 5. The van der Waals surface area contributed by atoms with E-state index in [1.807, 2.05) is 41.5 Å². The fourth-order valence-electron chi connectivity index (χ4n) is 13.5. The monoisotopic (exact) mass is 938 g/mol. The largest absolute Gasteiger partial charge is 0.392 e. The first kappa shape index (κ1) is 52.8. The summed E-state index contributed by atoms with van der Waals surface area (Å²) in [4.78, 5) is 91.6. The normalized spacial score (nSPS) is 38.5. The lowest BCUT2D eigenvalue weighted by Gasteiger charge is -2.49. The summed E-state index contributed by atoms with van der Waals surface area (Å²) in [6, 6.07) is -2.18. The zero-order valence-corrected chi connectivity index (χ0v) is 41.0. The maximum atomic E-state index is 13.5. The van der Waals surface area contributed by atoms with Gasteiger partial charge in [0.15, 0.2) is 0 Å². The van der Waals surface area contributed by atoms with Gasteiger partial charge in [-0.05, 0) is 88.4 Å². The minimum atomic E-state index is -1.14. The van der Waals surface area contributed by atoms with Crippen LogP contribution in [-0.4, -0.2) is 88.8 Å². The van der Waals surface area contributed by atoms with E-state index in [1.54, 1.807) is 6.92 Å². The third kappa shape index (κ3) is 10.0. The Morgan fingerprint density at radius 1 is 0.642 bits per heavy atom. The van der Waals surface area contributed by atoms with Crippen LogP contribution in [-0.2, 0) is 33.6 Å². The molecule has 1 unspecified atom stereocenters. The number of amides is 7. The first-order valence-corrected chi connectivity index (χ1v) is 23.8. The molecule has 0 aliphatic carbocycles. The molecule has 19 nitrogen and oxygen atoms in total. The third-order valence-corrected chi connectivity index (χ3v) is 17.2. The highest BCUT2D eigenvalue weighted by atomic mass is 16.3. The van der Waals surface area contributed by atoms with E-state index in [-0.39, 0.29) is 76.2 Å². The Morgan fingerprint density at radius 3 is 1.69 bits per heavy atom. The fraction of sp³-hybridized carbons (Fsp3) is 0.729. The van der Waals surface area contributed by atoms with Crippen molar-refractivity contribution in [2.45, 2.75) is 169 Å². The van der Waals surface area contributed by atoms with Crippen molar-refractivity contribution in [1.29, 1.82) is 0 Å². The number of allylic oxidation sites excluding steroid dienone is 3. The van der Waals surface area contributed by atoms with E-state index in [4.69, 9.17) is 34.4 Å². The van der Waals surface area contributed by atoms with E-state index in [9.17, 15) is 38.7 Å². The van der Waals surface area contributed by atoms with Gasteiger partial charge in [-0.1, -0.05) is 34.6 Å². The zero-order chi connectivity index (χ0) is 50.4. The van der Waals surface area contributed by atoms with E-state index < -0.39 is 111 Å². The number of rotatable bonds is 20. The Labute approximate surface area is 395 Å². The molecular weight excluding hydrogens is 859 g/mol. The molecule has 374 valence electrons. The van der Waals surface area contributed by atoms with Gasteiger partial charge in [-0.2, -0.15) is 0 Å². The summed E-state index contributed by atoms with van der Waals surface area (Å²) in [5, 5.41) is 28.4. The second kappa shape index (κ2) is 19.4. The molecule has 8 bridgehead atoms. The molecule has 0 aromatic carbocycles. The number of primary amides is 6. The number of aliphatic hydroxyl groups excluding tert-OH is 1. The average molecular weight is 938 g/mol. The molecular formula is C48H79N11O8. The molecule has 0 spiro atoms. The lowest BCUT2D eigenvalue weighted by atomic mass is 9.56. The molecule has 0 radical (unpaired) electrons. The average Bonchev–Trinajstić information content (AvgIpc) is 3.80. The van der Waals surface area contributed by atoms with Gasteiger partial charge in [0.25, 0.3) is 0 Å². The minimum Gasteiger partial charge on any atom is -0.392 e. The Hall–Kier alpha value is -5.17. The molecule has 7 amide bonds. The van der Waals surface area contributed by atoms with E-state index in [1.165, 1.54) is 0 Å². The first-order chi connectivity index (χ1) is 30.9.